The lowest BCUT2D eigenvalue weighted by molar-refractivity contribution is -0.131. The zero-order valence-corrected chi connectivity index (χ0v) is 7.62. The van der Waals surface area contributed by atoms with Gasteiger partial charge in [-0.2, -0.15) is 0 Å². The molecule has 0 aromatic heterocycles. The van der Waals surface area contributed by atoms with Crippen LogP contribution in [0.15, 0.2) is 0 Å². The second-order valence-corrected chi connectivity index (χ2v) is 3.54. The van der Waals surface area contributed by atoms with Gasteiger partial charge < -0.3 is 10.0 Å². The van der Waals surface area contributed by atoms with Gasteiger partial charge in [0.2, 0.25) is 5.91 Å². The maximum atomic E-state index is 11.4. The van der Waals surface area contributed by atoms with Crippen molar-refractivity contribution in [1.29, 1.82) is 0 Å². The number of nitrogens with zero attached hydrogens (tertiary/aromatic N) is 1. The smallest absolute Gasteiger partial charge is 0.222 e. The van der Waals surface area contributed by atoms with E-state index in [1.54, 1.807) is 4.90 Å². The monoisotopic (exact) mass is 171 g/mol. The average molecular weight is 171 g/mol. The fraction of sp³-hybridized carbons (Fsp3) is 0.889. The quantitative estimate of drug-likeness (QED) is 0.662. The maximum Gasteiger partial charge on any atom is 0.222 e. The molecule has 0 spiro atoms. The normalized spacial score (nSPS) is 25.7. The maximum absolute atomic E-state index is 11.4. The molecule has 0 aromatic carbocycles. The summed E-state index contributed by atoms with van der Waals surface area (Å²) in [4.78, 5) is 13.1. The predicted molar refractivity (Wildman–Crippen MR) is 46.7 cm³/mol. The Morgan fingerprint density at radius 3 is 3.00 bits per heavy atom. The van der Waals surface area contributed by atoms with Crippen molar-refractivity contribution in [3.05, 3.63) is 0 Å². The summed E-state index contributed by atoms with van der Waals surface area (Å²) in [7, 11) is 0. The minimum atomic E-state index is 0.0835. The SMILES string of the molecule is CC1CCC(=O)N(CCO)CC1. The average Bonchev–Trinajstić information content (AvgIpc) is 2.20. The van der Waals surface area contributed by atoms with E-state index in [4.69, 9.17) is 5.11 Å². The van der Waals surface area contributed by atoms with Crippen molar-refractivity contribution < 1.29 is 9.90 Å². The summed E-state index contributed by atoms with van der Waals surface area (Å²) in [5.41, 5.74) is 0. The summed E-state index contributed by atoms with van der Waals surface area (Å²) in [6.07, 6.45) is 2.73. The number of aliphatic hydroxyl groups excluding tert-OH is 1. The Bertz CT molecular complexity index is 159. The highest BCUT2D eigenvalue weighted by atomic mass is 16.3. The molecule has 3 heteroatoms. The van der Waals surface area contributed by atoms with Gasteiger partial charge >= 0.3 is 0 Å². The standard InChI is InChI=1S/C9H17NO2/c1-8-2-3-9(12)10(5-4-8)6-7-11/h8,11H,2-7H2,1H3. The Morgan fingerprint density at radius 2 is 2.33 bits per heavy atom. The van der Waals surface area contributed by atoms with Crippen LogP contribution >= 0.6 is 0 Å². The second-order valence-electron chi connectivity index (χ2n) is 3.54. The molecule has 1 aliphatic rings. The number of likely N-dealkylation sites (tertiary alicyclic amines) is 1. The van der Waals surface area contributed by atoms with Crippen LogP contribution in [0, 0.1) is 5.92 Å². The van der Waals surface area contributed by atoms with Gasteiger partial charge in [-0.3, -0.25) is 4.79 Å². The van der Waals surface area contributed by atoms with E-state index in [1.165, 1.54) is 0 Å². The molecule has 0 radical (unpaired) electrons. The van der Waals surface area contributed by atoms with Crippen LogP contribution in [-0.2, 0) is 4.79 Å². The van der Waals surface area contributed by atoms with Crippen LogP contribution in [0.4, 0.5) is 0 Å². The van der Waals surface area contributed by atoms with Gasteiger partial charge in [-0.15, -0.1) is 0 Å². The van der Waals surface area contributed by atoms with Crippen LogP contribution in [0.1, 0.15) is 26.2 Å². The zero-order valence-electron chi connectivity index (χ0n) is 7.62. The minimum Gasteiger partial charge on any atom is -0.395 e. The van der Waals surface area contributed by atoms with Gasteiger partial charge in [0, 0.05) is 19.5 Å². The molecule has 1 amide bonds. The predicted octanol–water partition coefficient (Wildman–Crippen LogP) is 0.627. The van der Waals surface area contributed by atoms with Crippen molar-refractivity contribution in [2.75, 3.05) is 19.7 Å². The van der Waals surface area contributed by atoms with E-state index in [9.17, 15) is 4.79 Å². The number of hydrogen-bond acceptors (Lipinski definition) is 2. The molecular weight excluding hydrogens is 154 g/mol. The van der Waals surface area contributed by atoms with Crippen LogP contribution < -0.4 is 0 Å². The first kappa shape index (κ1) is 9.52. The number of rotatable bonds is 2. The van der Waals surface area contributed by atoms with Crippen LogP contribution in [-0.4, -0.2) is 35.6 Å². The van der Waals surface area contributed by atoms with Crippen molar-refractivity contribution in [3.8, 4) is 0 Å². The molecule has 1 aliphatic heterocycles. The highest BCUT2D eigenvalue weighted by molar-refractivity contribution is 5.76. The molecule has 3 nitrogen and oxygen atoms in total. The highest BCUT2D eigenvalue weighted by Crippen LogP contribution is 2.16. The highest BCUT2D eigenvalue weighted by Gasteiger charge is 2.18. The van der Waals surface area contributed by atoms with Crippen molar-refractivity contribution in [2.45, 2.75) is 26.2 Å². The van der Waals surface area contributed by atoms with Crippen LogP contribution in [0.25, 0.3) is 0 Å². The van der Waals surface area contributed by atoms with E-state index in [0.717, 1.165) is 19.4 Å². The van der Waals surface area contributed by atoms with E-state index in [0.29, 0.717) is 18.9 Å². The summed E-state index contributed by atoms with van der Waals surface area (Å²) in [6, 6.07) is 0. The first-order valence-corrected chi connectivity index (χ1v) is 4.62. The second kappa shape index (κ2) is 4.45. The lowest BCUT2D eigenvalue weighted by Gasteiger charge is -2.18. The van der Waals surface area contributed by atoms with Crippen molar-refractivity contribution in [2.24, 2.45) is 5.92 Å². The largest absolute Gasteiger partial charge is 0.395 e. The minimum absolute atomic E-state index is 0.0835. The molecule has 0 bridgehead atoms. The van der Waals surface area contributed by atoms with Crippen LogP contribution in [0.3, 0.4) is 0 Å². The molecule has 0 saturated carbocycles. The van der Waals surface area contributed by atoms with Gasteiger partial charge in [-0.25, -0.2) is 0 Å². The molecule has 1 atom stereocenters. The molecule has 70 valence electrons. The lowest BCUT2D eigenvalue weighted by Crippen LogP contribution is -2.32. The fourth-order valence-electron chi connectivity index (χ4n) is 1.53. The fourth-order valence-corrected chi connectivity index (χ4v) is 1.53. The summed E-state index contributed by atoms with van der Waals surface area (Å²) < 4.78 is 0. The number of aliphatic hydroxyl groups is 1. The van der Waals surface area contributed by atoms with Crippen molar-refractivity contribution in [1.82, 2.24) is 4.90 Å². The van der Waals surface area contributed by atoms with Gasteiger partial charge in [0.1, 0.15) is 0 Å². The number of β-amino-alcohol motifs (C(OH)–C–C–N with tert-alkyl or cyclic N) is 1. The molecule has 1 rings (SSSR count). The summed E-state index contributed by atoms with van der Waals surface area (Å²) in [5, 5.41) is 8.70. The third kappa shape index (κ3) is 2.48. The van der Waals surface area contributed by atoms with Gasteiger partial charge in [-0.1, -0.05) is 6.92 Å². The molecule has 0 aliphatic carbocycles. The number of carbonyl (C=O) groups is 1. The van der Waals surface area contributed by atoms with Gasteiger partial charge in [0.15, 0.2) is 0 Å². The number of amides is 1. The van der Waals surface area contributed by atoms with Crippen molar-refractivity contribution in [3.63, 3.8) is 0 Å². The number of hydrogen-bond donors (Lipinski definition) is 1. The zero-order chi connectivity index (χ0) is 8.97. The van der Waals surface area contributed by atoms with Crippen LogP contribution in [0.2, 0.25) is 0 Å². The first-order chi connectivity index (χ1) is 5.74. The Morgan fingerprint density at radius 1 is 1.58 bits per heavy atom. The Hall–Kier alpha value is -0.570. The summed E-state index contributed by atoms with van der Waals surface area (Å²) in [6.45, 7) is 3.59. The molecule has 1 N–H and O–H groups in total. The topological polar surface area (TPSA) is 40.5 Å². The molecule has 12 heavy (non-hydrogen) atoms. The Balaban J connectivity index is 2.44. The van der Waals surface area contributed by atoms with E-state index in [2.05, 4.69) is 6.92 Å². The van der Waals surface area contributed by atoms with Crippen LogP contribution in [0.5, 0.6) is 0 Å². The van der Waals surface area contributed by atoms with Crippen molar-refractivity contribution >= 4 is 5.91 Å². The molecule has 1 unspecified atom stereocenters. The van der Waals surface area contributed by atoms with E-state index < -0.39 is 0 Å². The van der Waals surface area contributed by atoms with Gasteiger partial charge in [0.25, 0.3) is 0 Å². The van der Waals surface area contributed by atoms with Gasteiger partial charge in [0.05, 0.1) is 6.61 Å². The third-order valence-electron chi connectivity index (χ3n) is 2.47. The first-order valence-electron chi connectivity index (χ1n) is 4.62. The lowest BCUT2D eigenvalue weighted by atomic mass is 10.0. The van der Waals surface area contributed by atoms with E-state index in [1.807, 2.05) is 0 Å². The molecular formula is C9H17NO2. The van der Waals surface area contributed by atoms with E-state index >= 15 is 0 Å². The van der Waals surface area contributed by atoms with E-state index in [-0.39, 0.29) is 12.5 Å². The number of carbonyl (C=O) groups excluding carboxylic acids is 1. The molecule has 1 heterocycles. The molecule has 1 saturated heterocycles. The summed E-state index contributed by atoms with van der Waals surface area (Å²) >= 11 is 0. The molecule has 0 aromatic rings. The summed E-state index contributed by atoms with van der Waals surface area (Å²) in [5.74, 6) is 0.853. The Labute approximate surface area is 73.4 Å². The van der Waals surface area contributed by atoms with Gasteiger partial charge in [-0.05, 0) is 18.8 Å². The third-order valence-corrected chi connectivity index (χ3v) is 2.47. The molecule has 1 fully saturated rings. The Kier molecular flexibility index (Phi) is 3.53.